The molecule has 8 heteroatoms. The lowest BCUT2D eigenvalue weighted by Crippen LogP contribution is -2.42. The second kappa shape index (κ2) is 6.64. The highest BCUT2D eigenvalue weighted by molar-refractivity contribution is 7.16. The highest BCUT2D eigenvalue weighted by atomic mass is 32.1. The van der Waals surface area contributed by atoms with E-state index in [0.29, 0.717) is 22.1 Å². The van der Waals surface area contributed by atoms with Gasteiger partial charge < -0.3 is 15.0 Å². The number of aromatic nitrogens is 1. The quantitative estimate of drug-likeness (QED) is 0.846. The molecule has 1 aromatic carbocycles. The zero-order valence-electron chi connectivity index (χ0n) is 14.0. The number of ether oxygens (including phenoxy) is 1. The zero-order valence-corrected chi connectivity index (χ0v) is 14.8. The Bertz CT molecular complexity index is 861. The number of fused-ring (bicyclic) bond motifs is 1. The lowest BCUT2D eigenvalue weighted by Gasteiger charge is -2.22. The van der Waals surface area contributed by atoms with Gasteiger partial charge in [-0.1, -0.05) is 18.2 Å². The molecule has 0 aliphatic carbocycles. The molecule has 2 heterocycles. The van der Waals surface area contributed by atoms with E-state index in [4.69, 9.17) is 0 Å². The van der Waals surface area contributed by atoms with E-state index in [2.05, 4.69) is 15.0 Å². The van der Waals surface area contributed by atoms with Gasteiger partial charge in [0.15, 0.2) is 10.8 Å². The fraction of sp³-hybridized carbons (Fsp3) is 0.294. The molecule has 3 rings (SSSR count). The van der Waals surface area contributed by atoms with Crippen molar-refractivity contribution in [3.8, 4) is 0 Å². The largest absolute Gasteiger partial charge is 0.464 e. The topological polar surface area (TPSA) is 88.6 Å². The lowest BCUT2D eigenvalue weighted by atomic mass is 10.1. The van der Waals surface area contributed by atoms with Crippen molar-refractivity contribution in [2.24, 2.45) is 0 Å². The number of nitrogens with zero attached hydrogens (tertiary/aromatic N) is 2. The predicted octanol–water partition coefficient (Wildman–Crippen LogP) is 2.22. The molecule has 1 N–H and O–H groups in total. The Balaban J connectivity index is 1.72. The number of anilines is 1. The minimum atomic E-state index is -0.661. The Morgan fingerprint density at radius 1 is 1.36 bits per heavy atom. The predicted molar refractivity (Wildman–Crippen MR) is 92.6 cm³/mol. The molecule has 0 bridgehead atoms. The minimum absolute atomic E-state index is 0.163. The van der Waals surface area contributed by atoms with Crippen molar-refractivity contribution in [1.82, 2.24) is 9.88 Å². The highest BCUT2D eigenvalue weighted by Crippen LogP contribution is 2.26. The average molecular weight is 359 g/mol. The summed E-state index contributed by atoms with van der Waals surface area (Å²) < 4.78 is 4.65. The molecular weight excluding hydrogens is 342 g/mol. The van der Waals surface area contributed by atoms with Crippen LogP contribution in [0, 0.1) is 6.92 Å². The number of esters is 1. The molecule has 7 nitrogen and oxygen atoms in total. The van der Waals surface area contributed by atoms with E-state index in [9.17, 15) is 14.4 Å². The first-order valence-corrected chi connectivity index (χ1v) is 8.49. The maximum atomic E-state index is 12.5. The second-order valence-electron chi connectivity index (χ2n) is 5.67. The fourth-order valence-electron chi connectivity index (χ4n) is 2.68. The number of methoxy groups -OCH3 is 1. The van der Waals surface area contributed by atoms with Crippen LogP contribution in [-0.2, 0) is 16.1 Å². The fourth-order valence-corrected chi connectivity index (χ4v) is 3.48. The number of hydrogen-bond acceptors (Lipinski definition) is 6. The monoisotopic (exact) mass is 359 g/mol. The maximum absolute atomic E-state index is 12.5. The number of rotatable bonds is 4. The van der Waals surface area contributed by atoms with Crippen molar-refractivity contribution in [3.05, 3.63) is 46.0 Å². The number of hydrogen-bond donors (Lipinski definition) is 1. The summed E-state index contributed by atoms with van der Waals surface area (Å²) in [4.78, 5) is 42.8. The Labute approximate surface area is 148 Å². The van der Waals surface area contributed by atoms with Gasteiger partial charge in [-0.05, 0) is 25.5 Å². The number of thiazole rings is 1. The van der Waals surface area contributed by atoms with Crippen molar-refractivity contribution in [3.63, 3.8) is 0 Å². The van der Waals surface area contributed by atoms with E-state index in [-0.39, 0.29) is 17.5 Å². The van der Waals surface area contributed by atoms with Crippen molar-refractivity contribution in [2.75, 3.05) is 12.4 Å². The molecule has 25 heavy (non-hydrogen) atoms. The number of carbonyl (C=O) groups excluding carboxylic acids is 3. The van der Waals surface area contributed by atoms with Gasteiger partial charge in [0, 0.05) is 17.0 Å². The Morgan fingerprint density at radius 3 is 2.76 bits per heavy atom. The van der Waals surface area contributed by atoms with Crippen LogP contribution >= 0.6 is 11.3 Å². The van der Waals surface area contributed by atoms with Crippen LogP contribution in [0.4, 0.5) is 5.13 Å². The molecule has 1 aliphatic rings. The van der Waals surface area contributed by atoms with Crippen LogP contribution in [0.2, 0.25) is 0 Å². The van der Waals surface area contributed by atoms with Gasteiger partial charge >= 0.3 is 5.97 Å². The first-order chi connectivity index (χ1) is 11.9. The molecule has 0 saturated carbocycles. The average Bonchev–Trinajstić information content (AvgIpc) is 3.14. The van der Waals surface area contributed by atoms with Gasteiger partial charge in [0.25, 0.3) is 5.91 Å². The van der Waals surface area contributed by atoms with Gasteiger partial charge in [-0.3, -0.25) is 9.59 Å². The first kappa shape index (κ1) is 17.1. The van der Waals surface area contributed by atoms with Crippen LogP contribution in [0.3, 0.4) is 0 Å². The molecule has 0 radical (unpaired) electrons. The van der Waals surface area contributed by atoms with E-state index in [1.54, 1.807) is 26.0 Å². The Morgan fingerprint density at radius 2 is 2.08 bits per heavy atom. The molecule has 0 fully saturated rings. The molecule has 0 saturated heterocycles. The number of amides is 2. The number of aryl methyl sites for hydroxylation is 1. The summed E-state index contributed by atoms with van der Waals surface area (Å²) in [5, 5.41) is 2.98. The summed E-state index contributed by atoms with van der Waals surface area (Å²) in [5.74, 6) is -1.07. The van der Waals surface area contributed by atoms with Crippen molar-refractivity contribution in [1.29, 1.82) is 0 Å². The first-order valence-electron chi connectivity index (χ1n) is 7.68. The smallest absolute Gasteiger partial charge is 0.357 e. The number of nitrogens with one attached hydrogen (secondary N) is 1. The van der Waals surface area contributed by atoms with Crippen LogP contribution in [0.15, 0.2) is 24.3 Å². The highest BCUT2D eigenvalue weighted by Gasteiger charge is 2.34. The molecule has 2 aromatic rings. The normalized spacial score (nSPS) is 14.2. The van der Waals surface area contributed by atoms with Crippen LogP contribution in [-0.4, -0.2) is 40.8 Å². The summed E-state index contributed by atoms with van der Waals surface area (Å²) in [5.41, 5.74) is 1.71. The van der Waals surface area contributed by atoms with Crippen LogP contribution in [0.1, 0.15) is 38.2 Å². The van der Waals surface area contributed by atoms with Gasteiger partial charge in [-0.25, -0.2) is 9.78 Å². The van der Waals surface area contributed by atoms with E-state index in [1.165, 1.54) is 23.3 Å². The van der Waals surface area contributed by atoms with Gasteiger partial charge in [0.1, 0.15) is 6.04 Å². The van der Waals surface area contributed by atoms with E-state index < -0.39 is 12.0 Å². The van der Waals surface area contributed by atoms with Crippen LogP contribution in [0.25, 0.3) is 0 Å². The lowest BCUT2D eigenvalue weighted by molar-refractivity contribution is -0.120. The van der Waals surface area contributed by atoms with Crippen molar-refractivity contribution >= 4 is 34.3 Å². The molecule has 1 unspecified atom stereocenters. The summed E-state index contributed by atoms with van der Waals surface area (Å²) in [6.45, 7) is 3.79. The van der Waals surface area contributed by atoms with Gasteiger partial charge in [0.05, 0.1) is 7.11 Å². The van der Waals surface area contributed by atoms with E-state index in [0.717, 1.165) is 5.56 Å². The Hall–Kier alpha value is -2.74. The van der Waals surface area contributed by atoms with Crippen molar-refractivity contribution in [2.45, 2.75) is 26.4 Å². The van der Waals surface area contributed by atoms with E-state index in [1.807, 2.05) is 12.1 Å². The van der Waals surface area contributed by atoms with Gasteiger partial charge in [0.2, 0.25) is 5.91 Å². The van der Waals surface area contributed by atoms with Crippen LogP contribution in [0.5, 0.6) is 0 Å². The standard InChI is InChI=1S/C17H17N3O4S/c1-9(20-8-11-6-4-5-7-12(11)15(20)22)14(21)19-17-18-13(10(2)25-17)16(23)24-3/h4-7,9H,8H2,1-3H3,(H,18,19,21). The second-order valence-corrected chi connectivity index (χ2v) is 6.87. The summed E-state index contributed by atoms with van der Waals surface area (Å²) in [7, 11) is 1.28. The number of carbonyl (C=O) groups is 3. The summed E-state index contributed by atoms with van der Waals surface area (Å²) in [6.07, 6.45) is 0. The third kappa shape index (κ3) is 3.12. The van der Waals surface area contributed by atoms with Crippen molar-refractivity contribution < 1.29 is 19.1 Å². The molecule has 1 atom stereocenters. The minimum Gasteiger partial charge on any atom is -0.464 e. The van der Waals surface area contributed by atoms with Gasteiger partial charge in [-0.15, -0.1) is 11.3 Å². The summed E-state index contributed by atoms with van der Waals surface area (Å²) in [6, 6.07) is 6.65. The molecule has 130 valence electrons. The molecule has 0 spiro atoms. The van der Waals surface area contributed by atoms with E-state index >= 15 is 0 Å². The third-order valence-corrected chi connectivity index (χ3v) is 4.99. The molecule has 1 aliphatic heterocycles. The van der Waals surface area contributed by atoms with Gasteiger partial charge in [-0.2, -0.15) is 0 Å². The number of benzene rings is 1. The van der Waals surface area contributed by atoms with Crippen LogP contribution < -0.4 is 5.32 Å². The zero-order chi connectivity index (χ0) is 18.1. The summed E-state index contributed by atoms with van der Waals surface area (Å²) >= 11 is 1.19. The Kier molecular flexibility index (Phi) is 4.54. The maximum Gasteiger partial charge on any atom is 0.357 e. The SMILES string of the molecule is COC(=O)c1nc(NC(=O)C(C)N2Cc3ccccc3C2=O)sc1C. The third-order valence-electron chi connectivity index (χ3n) is 4.10. The molecular formula is C17H17N3O4S. The molecule has 1 aromatic heterocycles. The molecule has 2 amide bonds.